The molecule has 0 aliphatic carbocycles. The van der Waals surface area contributed by atoms with Gasteiger partial charge in [0.2, 0.25) is 0 Å². The molecule has 114 valence electrons. The molecular formula is C14H11ClN2O4S. The van der Waals surface area contributed by atoms with E-state index in [1.165, 1.54) is 12.1 Å². The maximum atomic E-state index is 12.4. The van der Waals surface area contributed by atoms with E-state index in [9.17, 15) is 13.2 Å². The van der Waals surface area contributed by atoms with Crippen molar-refractivity contribution in [1.82, 2.24) is 4.98 Å². The zero-order valence-electron chi connectivity index (χ0n) is 11.4. The summed E-state index contributed by atoms with van der Waals surface area (Å²) in [6, 6.07) is 9.42. The molecule has 0 amide bonds. The fraction of sp³-hybridized carbons (Fsp3) is 0.0714. The number of rotatable bonds is 3. The van der Waals surface area contributed by atoms with Gasteiger partial charge in [-0.25, -0.2) is 13.2 Å². The molecule has 0 bridgehead atoms. The predicted molar refractivity (Wildman–Crippen MR) is 83.8 cm³/mol. The lowest BCUT2D eigenvalue weighted by molar-refractivity contribution is 0.554. The molecule has 0 fully saturated rings. The van der Waals surface area contributed by atoms with Crippen LogP contribution in [-0.2, 0) is 10.0 Å². The van der Waals surface area contributed by atoms with Gasteiger partial charge in [-0.05, 0) is 25.1 Å². The number of aromatic nitrogens is 1. The second-order valence-electron chi connectivity index (χ2n) is 4.76. The Morgan fingerprint density at radius 1 is 1.18 bits per heavy atom. The van der Waals surface area contributed by atoms with Crippen molar-refractivity contribution in [3.8, 4) is 0 Å². The molecule has 3 rings (SSSR count). The van der Waals surface area contributed by atoms with E-state index >= 15 is 0 Å². The van der Waals surface area contributed by atoms with Crippen LogP contribution in [0.5, 0.6) is 0 Å². The zero-order valence-corrected chi connectivity index (χ0v) is 13.0. The first kappa shape index (κ1) is 14.7. The van der Waals surface area contributed by atoms with Crippen LogP contribution in [0.1, 0.15) is 5.56 Å². The summed E-state index contributed by atoms with van der Waals surface area (Å²) in [5.74, 6) is -0.674. The number of fused-ring (bicyclic) bond motifs is 1. The quantitative estimate of drug-likeness (QED) is 0.768. The van der Waals surface area contributed by atoms with Gasteiger partial charge in [0.1, 0.15) is 4.90 Å². The highest BCUT2D eigenvalue weighted by molar-refractivity contribution is 7.92. The van der Waals surface area contributed by atoms with Crippen LogP contribution in [0.25, 0.3) is 11.1 Å². The molecule has 0 radical (unpaired) electrons. The van der Waals surface area contributed by atoms with E-state index in [-0.39, 0.29) is 15.5 Å². The van der Waals surface area contributed by atoms with Gasteiger partial charge in [0, 0.05) is 11.8 Å². The van der Waals surface area contributed by atoms with Crippen molar-refractivity contribution in [3.05, 3.63) is 57.5 Å². The maximum absolute atomic E-state index is 12.4. The van der Waals surface area contributed by atoms with Crippen molar-refractivity contribution >= 4 is 38.4 Å². The monoisotopic (exact) mass is 338 g/mol. The Morgan fingerprint density at radius 2 is 1.86 bits per heavy atom. The van der Waals surface area contributed by atoms with Crippen LogP contribution in [-0.4, -0.2) is 13.4 Å². The minimum Gasteiger partial charge on any atom is -0.408 e. The number of hydrogen-bond acceptors (Lipinski definition) is 4. The van der Waals surface area contributed by atoms with Gasteiger partial charge < -0.3 is 4.42 Å². The molecule has 8 heteroatoms. The van der Waals surface area contributed by atoms with E-state index in [1.54, 1.807) is 24.3 Å². The number of benzene rings is 2. The molecule has 22 heavy (non-hydrogen) atoms. The van der Waals surface area contributed by atoms with Gasteiger partial charge >= 0.3 is 5.76 Å². The molecule has 0 aliphatic heterocycles. The Kier molecular flexibility index (Phi) is 3.46. The van der Waals surface area contributed by atoms with Crippen LogP contribution in [0.2, 0.25) is 5.02 Å². The van der Waals surface area contributed by atoms with Gasteiger partial charge in [-0.2, -0.15) is 0 Å². The minimum absolute atomic E-state index is 0.0100. The topological polar surface area (TPSA) is 92.2 Å². The summed E-state index contributed by atoms with van der Waals surface area (Å²) in [7, 11) is -3.90. The number of hydrogen-bond donors (Lipinski definition) is 2. The summed E-state index contributed by atoms with van der Waals surface area (Å²) < 4.78 is 32.2. The van der Waals surface area contributed by atoms with E-state index in [2.05, 4.69) is 9.71 Å². The number of aryl methyl sites for hydroxylation is 1. The summed E-state index contributed by atoms with van der Waals surface area (Å²) in [5, 5.41) is -0.0100. The smallest absolute Gasteiger partial charge is 0.408 e. The van der Waals surface area contributed by atoms with Crippen molar-refractivity contribution in [2.24, 2.45) is 0 Å². The molecule has 1 heterocycles. The summed E-state index contributed by atoms with van der Waals surface area (Å²) in [5.41, 5.74) is 1.89. The second kappa shape index (κ2) is 5.19. The molecule has 0 aliphatic rings. The first-order valence-electron chi connectivity index (χ1n) is 6.27. The number of oxazole rings is 1. The summed E-state index contributed by atoms with van der Waals surface area (Å²) in [4.78, 5) is 13.4. The summed E-state index contributed by atoms with van der Waals surface area (Å²) in [6.45, 7) is 1.90. The van der Waals surface area contributed by atoms with Crippen LogP contribution in [0.3, 0.4) is 0 Å². The third-order valence-corrected chi connectivity index (χ3v) is 4.91. The molecule has 0 unspecified atom stereocenters. The summed E-state index contributed by atoms with van der Waals surface area (Å²) in [6.07, 6.45) is 0. The normalized spacial score (nSPS) is 11.7. The van der Waals surface area contributed by atoms with Gasteiger partial charge in [-0.15, -0.1) is 0 Å². The van der Waals surface area contributed by atoms with Gasteiger partial charge in [-0.3, -0.25) is 9.71 Å². The van der Waals surface area contributed by atoms with Crippen molar-refractivity contribution in [2.45, 2.75) is 11.8 Å². The number of H-pyrrole nitrogens is 1. The fourth-order valence-electron chi connectivity index (χ4n) is 1.99. The Morgan fingerprint density at radius 3 is 2.55 bits per heavy atom. The molecule has 6 nitrogen and oxygen atoms in total. The minimum atomic E-state index is -3.90. The van der Waals surface area contributed by atoms with E-state index < -0.39 is 15.8 Å². The van der Waals surface area contributed by atoms with Crippen LogP contribution < -0.4 is 10.5 Å². The highest BCUT2D eigenvalue weighted by Crippen LogP contribution is 2.27. The third kappa shape index (κ3) is 2.72. The number of aromatic amines is 1. The first-order chi connectivity index (χ1) is 10.3. The Hall–Kier alpha value is -2.25. The lowest BCUT2D eigenvalue weighted by atomic mass is 10.2. The van der Waals surface area contributed by atoms with E-state index in [4.69, 9.17) is 16.0 Å². The fourth-order valence-corrected chi connectivity index (χ4v) is 3.59. The highest BCUT2D eigenvalue weighted by Gasteiger charge is 2.20. The summed E-state index contributed by atoms with van der Waals surface area (Å²) >= 11 is 6.01. The van der Waals surface area contributed by atoms with E-state index in [0.29, 0.717) is 11.2 Å². The van der Waals surface area contributed by atoms with Crippen molar-refractivity contribution in [2.75, 3.05) is 4.72 Å². The number of nitrogens with one attached hydrogen (secondary N) is 2. The first-order valence-corrected chi connectivity index (χ1v) is 8.13. The molecule has 2 N–H and O–H groups in total. The molecule has 1 aromatic heterocycles. The molecule has 2 aromatic carbocycles. The average Bonchev–Trinajstić information content (AvgIpc) is 2.79. The van der Waals surface area contributed by atoms with Gasteiger partial charge in [0.05, 0.1) is 10.5 Å². The number of anilines is 1. The van der Waals surface area contributed by atoms with Gasteiger partial charge in [0.15, 0.2) is 5.58 Å². The lowest BCUT2D eigenvalue weighted by Crippen LogP contribution is -2.13. The maximum Gasteiger partial charge on any atom is 0.417 e. The largest absolute Gasteiger partial charge is 0.417 e. The third-order valence-electron chi connectivity index (χ3n) is 3.07. The van der Waals surface area contributed by atoms with Crippen LogP contribution in [0.4, 0.5) is 5.69 Å². The van der Waals surface area contributed by atoms with Crippen molar-refractivity contribution < 1.29 is 12.8 Å². The highest BCUT2D eigenvalue weighted by atomic mass is 35.5. The molecule has 0 atom stereocenters. The zero-order chi connectivity index (χ0) is 15.9. The molecule has 0 saturated carbocycles. The van der Waals surface area contributed by atoms with Gasteiger partial charge in [-0.1, -0.05) is 29.3 Å². The van der Waals surface area contributed by atoms with Crippen LogP contribution >= 0.6 is 11.6 Å². The Balaban J connectivity index is 2.06. The molecule has 3 aromatic rings. The van der Waals surface area contributed by atoms with Crippen molar-refractivity contribution in [1.29, 1.82) is 0 Å². The van der Waals surface area contributed by atoms with Crippen LogP contribution in [0, 0.1) is 6.92 Å². The Bertz CT molecular complexity index is 1000. The molecular weight excluding hydrogens is 328 g/mol. The average molecular weight is 339 g/mol. The molecule has 0 saturated heterocycles. The SMILES string of the molecule is Cc1ccc(NS(=O)(=O)c2cc3oc(=O)[nH]c3cc2Cl)cc1. The van der Waals surface area contributed by atoms with Gasteiger partial charge in [0.25, 0.3) is 10.0 Å². The van der Waals surface area contributed by atoms with Crippen molar-refractivity contribution in [3.63, 3.8) is 0 Å². The van der Waals surface area contributed by atoms with Crippen LogP contribution in [0.15, 0.2) is 50.5 Å². The number of halogens is 1. The number of sulfonamides is 1. The van der Waals surface area contributed by atoms with E-state index in [1.807, 2.05) is 6.92 Å². The molecule has 0 spiro atoms. The second-order valence-corrected chi connectivity index (χ2v) is 6.82. The standard InChI is InChI=1S/C14H11ClN2O4S/c1-8-2-4-9(5-3-8)17-22(19,20)13-7-12-11(6-10(13)15)16-14(18)21-12/h2-7,17H,1H3,(H,16,18). The lowest BCUT2D eigenvalue weighted by Gasteiger charge is -2.09. The Labute approximate surface area is 130 Å². The predicted octanol–water partition coefficient (Wildman–Crippen LogP) is 2.88. The van der Waals surface area contributed by atoms with E-state index in [0.717, 1.165) is 5.56 Å².